The lowest BCUT2D eigenvalue weighted by atomic mass is 10.0. The molecule has 1 N–H and O–H groups in total. The number of carbonyl (C=O) groups excluding carboxylic acids is 2. The summed E-state index contributed by atoms with van der Waals surface area (Å²) < 4.78 is 5.22. The standard InChI is InChI=1S/C16H21NO3/c1-10-8-13(14(20-3)9-11(10)2)15(18)16(19)17-12-6-4-5-7-12/h8-9,12H,4-7H2,1-3H3,(H,17,19). The highest BCUT2D eigenvalue weighted by atomic mass is 16.5. The maximum atomic E-state index is 12.3. The molecule has 0 aliphatic heterocycles. The van der Waals surface area contributed by atoms with Crippen LogP contribution in [0.5, 0.6) is 5.75 Å². The van der Waals surface area contributed by atoms with Gasteiger partial charge in [-0.2, -0.15) is 0 Å². The van der Waals surface area contributed by atoms with E-state index in [0.29, 0.717) is 11.3 Å². The minimum Gasteiger partial charge on any atom is -0.496 e. The van der Waals surface area contributed by atoms with Gasteiger partial charge in [0.15, 0.2) is 0 Å². The number of rotatable bonds is 4. The number of benzene rings is 1. The van der Waals surface area contributed by atoms with Crippen LogP contribution in [0.3, 0.4) is 0 Å². The first-order valence-electron chi connectivity index (χ1n) is 7.03. The summed E-state index contributed by atoms with van der Waals surface area (Å²) in [7, 11) is 1.51. The van der Waals surface area contributed by atoms with Crippen molar-refractivity contribution in [2.24, 2.45) is 0 Å². The third-order valence-corrected chi connectivity index (χ3v) is 3.96. The maximum Gasteiger partial charge on any atom is 0.292 e. The van der Waals surface area contributed by atoms with Crippen molar-refractivity contribution in [1.82, 2.24) is 5.32 Å². The van der Waals surface area contributed by atoms with Gasteiger partial charge in [-0.3, -0.25) is 9.59 Å². The molecule has 4 heteroatoms. The molecule has 0 atom stereocenters. The van der Waals surface area contributed by atoms with Crippen molar-refractivity contribution >= 4 is 11.7 Å². The molecule has 0 radical (unpaired) electrons. The molecule has 1 aromatic carbocycles. The Morgan fingerprint density at radius 3 is 2.35 bits per heavy atom. The van der Waals surface area contributed by atoms with E-state index in [4.69, 9.17) is 4.74 Å². The van der Waals surface area contributed by atoms with E-state index >= 15 is 0 Å². The van der Waals surface area contributed by atoms with Crippen molar-refractivity contribution in [2.45, 2.75) is 45.6 Å². The van der Waals surface area contributed by atoms with Crippen LogP contribution < -0.4 is 10.1 Å². The quantitative estimate of drug-likeness (QED) is 0.678. The van der Waals surface area contributed by atoms with Crippen LogP contribution in [0, 0.1) is 13.8 Å². The highest BCUT2D eigenvalue weighted by Gasteiger charge is 2.25. The Kier molecular flexibility index (Phi) is 4.42. The van der Waals surface area contributed by atoms with Crippen LogP contribution in [0.25, 0.3) is 0 Å². The predicted molar refractivity (Wildman–Crippen MR) is 77.2 cm³/mol. The van der Waals surface area contributed by atoms with Gasteiger partial charge in [0.1, 0.15) is 5.75 Å². The second-order valence-electron chi connectivity index (χ2n) is 5.42. The molecule has 0 spiro atoms. The Morgan fingerprint density at radius 2 is 1.75 bits per heavy atom. The summed E-state index contributed by atoms with van der Waals surface area (Å²) in [6.45, 7) is 3.87. The number of amides is 1. The van der Waals surface area contributed by atoms with Gasteiger partial charge in [0, 0.05) is 6.04 Å². The van der Waals surface area contributed by atoms with Crippen molar-refractivity contribution in [3.05, 3.63) is 28.8 Å². The SMILES string of the molecule is COc1cc(C)c(C)cc1C(=O)C(=O)NC1CCCC1. The summed E-state index contributed by atoms with van der Waals surface area (Å²) in [6, 6.07) is 3.67. The molecule has 0 heterocycles. The number of ketones is 1. The second-order valence-corrected chi connectivity index (χ2v) is 5.42. The van der Waals surface area contributed by atoms with E-state index in [0.717, 1.165) is 36.8 Å². The molecular formula is C16H21NO3. The summed E-state index contributed by atoms with van der Waals surface area (Å²) >= 11 is 0. The van der Waals surface area contributed by atoms with Crippen LogP contribution in [0.4, 0.5) is 0 Å². The van der Waals surface area contributed by atoms with Gasteiger partial charge in [-0.1, -0.05) is 12.8 Å². The molecule has 108 valence electrons. The fourth-order valence-corrected chi connectivity index (χ4v) is 2.58. The molecule has 1 saturated carbocycles. The van der Waals surface area contributed by atoms with E-state index in [1.807, 2.05) is 13.8 Å². The molecule has 1 aliphatic rings. The van der Waals surface area contributed by atoms with Crippen molar-refractivity contribution in [2.75, 3.05) is 7.11 Å². The van der Waals surface area contributed by atoms with Gasteiger partial charge in [0.25, 0.3) is 11.7 Å². The number of hydrogen-bond acceptors (Lipinski definition) is 3. The van der Waals surface area contributed by atoms with Crippen LogP contribution >= 0.6 is 0 Å². The van der Waals surface area contributed by atoms with Gasteiger partial charge < -0.3 is 10.1 Å². The third kappa shape index (κ3) is 3.00. The zero-order valence-electron chi connectivity index (χ0n) is 12.3. The molecule has 1 amide bonds. The van der Waals surface area contributed by atoms with Gasteiger partial charge in [0.05, 0.1) is 12.7 Å². The Balaban J connectivity index is 2.19. The highest BCUT2D eigenvalue weighted by Crippen LogP contribution is 2.24. The summed E-state index contributed by atoms with van der Waals surface area (Å²) in [5.74, 6) is -0.588. The van der Waals surface area contributed by atoms with Crippen molar-refractivity contribution < 1.29 is 14.3 Å². The Morgan fingerprint density at radius 1 is 1.15 bits per heavy atom. The zero-order valence-corrected chi connectivity index (χ0v) is 12.3. The Labute approximate surface area is 119 Å². The number of aryl methyl sites for hydroxylation is 2. The average molecular weight is 275 g/mol. The van der Waals surface area contributed by atoms with E-state index in [-0.39, 0.29) is 6.04 Å². The fraction of sp³-hybridized carbons (Fsp3) is 0.500. The molecule has 0 saturated heterocycles. The van der Waals surface area contributed by atoms with Gasteiger partial charge in [-0.05, 0) is 49.9 Å². The molecule has 20 heavy (non-hydrogen) atoms. The first kappa shape index (κ1) is 14.6. The third-order valence-electron chi connectivity index (χ3n) is 3.96. The molecular weight excluding hydrogens is 254 g/mol. The van der Waals surface area contributed by atoms with Crippen molar-refractivity contribution in [3.63, 3.8) is 0 Å². The molecule has 1 aromatic rings. The lowest BCUT2D eigenvalue weighted by molar-refractivity contribution is -0.117. The lowest BCUT2D eigenvalue weighted by Crippen LogP contribution is -2.37. The first-order valence-corrected chi connectivity index (χ1v) is 7.03. The monoisotopic (exact) mass is 275 g/mol. The van der Waals surface area contributed by atoms with Crippen LogP contribution in [0.15, 0.2) is 12.1 Å². The van der Waals surface area contributed by atoms with Crippen molar-refractivity contribution in [3.8, 4) is 5.75 Å². The molecule has 0 unspecified atom stereocenters. The predicted octanol–water partition coefficient (Wildman–Crippen LogP) is 2.55. The topological polar surface area (TPSA) is 55.4 Å². The van der Waals surface area contributed by atoms with Gasteiger partial charge >= 0.3 is 0 Å². The molecule has 0 bridgehead atoms. The Hall–Kier alpha value is -1.84. The summed E-state index contributed by atoms with van der Waals surface area (Å²) in [5, 5.41) is 2.82. The summed E-state index contributed by atoms with van der Waals surface area (Å²) in [5.41, 5.74) is 2.35. The summed E-state index contributed by atoms with van der Waals surface area (Å²) in [4.78, 5) is 24.3. The number of methoxy groups -OCH3 is 1. The van der Waals surface area contributed by atoms with Gasteiger partial charge in [0.2, 0.25) is 0 Å². The van der Waals surface area contributed by atoms with E-state index in [1.54, 1.807) is 12.1 Å². The number of nitrogens with one attached hydrogen (secondary N) is 1. The lowest BCUT2D eigenvalue weighted by Gasteiger charge is -2.13. The van der Waals surface area contributed by atoms with Crippen LogP contribution in [-0.4, -0.2) is 24.8 Å². The zero-order chi connectivity index (χ0) is 14.7. The molecule has 4 nitrogen and oxygen atoms in total. The fourth-order valence-electron chi connectivity index (χ4n) is 2.58. The van der Waals surface area contributed by atoms with Crippen LogP contribution in [0.1, 0.15) is 47.2 Å². The van der Waals surface area contributed by atoms with E-state index in [9.17, 15) is 9.59 Å². The normalized spacial score (nSPS) is 15.2. The molecule has 0 aromatic heterocycles. The smallest absolute Gasteiger partial charge is 0.292 e. The minimum atomic E-state index is -0.529. The van der Waals surface area contributed by atoms with E-state index in [1.165, 1.54) is 7.11 Å². The van der Waals surface area contributed by atoms with Crippen LogP contribution in [0.2, 0.25) is 0 Å². The first-order chi connectivity index (χ1) is 9.52. The number of hydrogen-bond donors (Lipinski definition) is 1. The van der Waals surface area contributed by atoms with Gasteiger partial charge in [-0.25, -0.2) is 0 Å². The minimum absolute atomic E-state index is 0.143. The summed E-state index contributed by atoms with van der Waals surface area (Å²) in [6.07, 6.45) is 4.16. The molecule has 1 fully saturated rings. The van der Waals surface area contributed by atoms with Gasteiger partial charge in [-0.15, -0.1) is 0 Å². The molecule has 2 rings (SSSR count). The number of ether oxygens (including phenoxy) is 1. The molecule has 1 aliphatic carbocycles. The van der Waals surface area contributed by atoms with E-state index < -0.39 is 11.7 Å². The Bertz CT molecular complexity index is 531. The largest absolute Gasteiger partial charge is 0.496 e. The van der Waals surface area contributed by atoms with E-state index in [2.05, 4.69) is 5.32 Å². The second kappa shape index (κ2) is 6.07. The average Bonchev–Trinajstić information content (AvgIpc) is 2.93. The maximum absolute atomic E-state index is 12.3. The highest BCUT2D eigenvalue weighted by molar-refractivity contribution is 6.43. The number of Topliss-reactive ketones (excluding diaryl/α,β-unsaturated/α-hetero) is 1. The van der Waals surface area contributed by atoms with Crippen molar-refractivity contribution in [1.29, 1.82) is 0 Å². The van der Waals surface area contributed by atoms with Crippen LogP contribution in [-0.2, 0) is 4.79 Å². The number of carbonyl (C=O) groups is 2.